The summed E-state index contributed by atoms with van der Waals surface area (Å²) in [5.74, 6) is -1.93. The maximum atomic E-state index is 10.3. The molecule has 0 radical (unpaired) electrons. The van der Waals surface area contributed by atoms with Gasteiger partial charge in [0.2, 0.25) is 17.1 Å². The number of hydrogen-bond donors (Lipinski definition) is 1. The molecule has 29 heavy (non-hydrogen) atoms. The second-order valence-electron chi connectivity index (χ2n) is 7.97. The monoisotopic (exact) mass is 406 g/mol. The Balaban J connectivity index is 1.94. The van der Waals surface area contributed by atoms with Gasteiger partial charge in [0.05, 0.1) is 24.1 Å². The lowest BCUT2D eigenvalue weighted by Crippen LogP contribution is -2.59. The Hall–Kier alpha value is -2.53. The number of rotatable bonds is 2. The van der Waals surface area contributed by atoms with Crippen molar-refractivity contribution in [2.45, 2.75) is 55.3 Å². The van der Waals surface area contributed by atoms with Crippen LogP contribution in [0.15, 0.2) is 29.2 Å². The second-order valence-corrected chi connectivity index (χ2v) is 8.85. The van der Waals surface area contributed by atoms with Gasteiger partial charge in [-0.25, -0.2) is 0 Å². The minimum atomic E-state index is -1.86. The molecule has 148 valence electrons. The van der Waals surface area contributed by atoms with E-state index in [1.807, 2.05) is 30.5 Å². The summed E-state index contributed by atoms with van der Waals surface area (Å²) in [7, 11) is 0. The van der Waals surface area contributed by atoms with Gasteiger partial charge in [0.25, 0.3) is 0 Å². The molecule has 1 aromatic carbocycles. The average molecular weight is 407 g/mol. The maximum absolute atomic E-state index is 10.3. The van der Waals surface area contributed by atoms with Gasteiger partial charge >= 0.3 is 0 Å². The Morgan fingerprint density at radius 3 is 2.34 bits per heavy atom. The van der Waals surface area contributed by atoms with E-state index in [0.717, 1.165) is 30.6 Å². The fourth-order valence-corrected chi connectivity index (χ4v) is 5.70. The molecule has 4 rings (SSSR count). The van der Waals surface area contributed by atoms with Crippen LogP contribution >= 0.6 is 11.8 Å². The van der Waals surface area contributed by atoms with Crippen molar-refractivity contribution >= 4 is 17.7 Å². The zero-order valence-electron chi connectivity index (χ0n) is 16.3. The molecule has 7 heteroatoms. The Bertz CT molecular complexity index is 943. The lowest BCUT2D eigenvalue weighted by atomic mass is 9.52. The standard InChI is InChI=1S/C22H22N4O2S/c1-29-16-9-7-15(8-10-16)18-20(12-23,13-24)21(14-25)17-6-4-2-3-5-11-22(17,27-18)28-19(21)26/h7-10,17-18,26H,2-6,11H2,1H3. The van der Waals surface area contributed by atoms with E-state index in [0.29, 0.717) is 18.4 Å². The minimum Gasteiger partial charge on any atom is -0.447 e. The molecule has 2 heterocycles. The van der Waals surface area contributed by atoms with Crippen LogP contribution in [0.1, 0.15) is 50.2 Å². The molecule has 4 atom stereocenters. The first-order valence-electron chi connectivity index (χ1n) is 9.87. The number of benzene rings is 1. The third kappa shape index (κ3) is 2.46. The van der Waals surface area contributed by atoms with E-state index < -0.39 is 28.6 Å². The summed E-state index contributed by atoms with van der Waals surface area (Å²) in [6, 6.07) is 14.0. The van der Waals surface area contributed by atoms with E-state index in [9.17, 15) is 15.8 Å². The number of nitrogens with zero attached hydrogens (tertiary/aromatic N) is 3. The highest BCUT2D eigenvalue weighted by molar-refractivity contribution is 7.98. The Morgan fingerprint density at radius 2 is 1.72 bits per heavy atom. The van der Waals surface area contributed by atoms with E-state index in [4.69, 9.17) is 14.9 Å². The van der Waals surface area contributed by atoms with Crippen molar-refractivity contribution in [1.29, 1.82) is 21.2 Å². The van der Waals surface area contributed by atoms with Crippen molar-refractivity contribution in [3.63, 3.8) is 0 Å². The SMILES string of the molecule is CSc1ccc(C2OC34CCCCCCC3C(C#N)(C(=N)O4)C2(C#N)C#N)cc1. The van der Waals surface area contributed by atoms with Crippen LogP contribution in [0.3, 0.4) is 0 Å². The van der Waals surface area contributed by atoms with Crippen LogP contribution in [0.5, 0.6) is 0 Å². The molecular weight excluding hydrogens is 384 g/mol. The molecule has 1 aromatic rings. The van der Waals surface area contributed by atoms with Crippen LogP contribution < -0.4 is 0 Å². The first kappa shape index (κ1) is 19.8. The number of ether oxygens (including phenoxy) is 2. The number of thioether (sulfide) groups is 1. The van der Waals surface area contributed by atoms with E-state index >= 15 is 0 Å². The largest absolute Gasteiger partial charge is 0.447 e. The van der Waals surface area contributed by atoms with Crippen molar-refractivity contribution in [1.82, 2.24) is 0 Å². The first-order valence-corrected chi connectivity index (χ1v) is 11.1. The first-order chi connectivity index (χ1) is 14.0. The molecule has 2 bridgehead atoms. The van der Waals surface area contributed by atoms with Crippen molar-refractivity contribution in [3.8, 4) is 18.2 Å². The van der Waals surface area contributed by atoms with Crippen LogP contribution in [0, 0.1) is 56.2 Å². The number of nitriles is 3. The number of nitrogens with one attached hydrogen (secondary N) is 1. The third-order valence-electron chi connectivity index (χ3n) is 6.73. The van der Waals surface area contributed by atoms with Crippen molar-refractivity contribution in [2.75, 3.05) is 6.26 Å². The molecule has 0 aromatic heterocycles. The average Bonchev–Trinajstić information content (AvgIpc) is 2.91. The second kappa shape index (κ2) is 7.06. The van der Waals surface area contributed by atoms with Crippen LogP contribution in [-0.2, 0) is 9.47 Å². The molecule has 0 amide bonds. The summed E-state index contributed by atoms with van der Waals surface area (Å²) in [5.41, 5.74) is -2.85. The zero-order chi connectivity index (χ0) is 20.7. The van der Waals surface area contributed by atoms with Gasteiger partial charge in [-0.1, -0.05) is 31.4 Å². The van der Waals surface area contributed by atoms with Gasteiger partial charge in [0.15, 0.2) is 5.41 Å². The van der Waals surface area contributed by atoms with E-state index in [1.165, 1.54) is 0 Å². The van der Waals surface area contributed by atoms with E-state index in [-0.39, 0.29) is 5.90 Å². The van der Waals surface area contributed by atoms with Gasteiger partial charge < -0.3 is 9.47 Å². The van der Waals surface area contributed by atoms with Crippen molar-refractivity contribution in [3.05, 3.63) is 29.8 Å². The molecule has 1 saturated carbocycles. The summed E-state index contributed by atoms with van der Waals surface area (Å²) in [4.78, 5) is 1.05. The lowest BCUT2D eigenvalue weighted by Gasteiger charge is -2.50. The van der Waals surface area contributed by atoms with Gasteiger partial charge in [-0.3, -0.25) is 5.41 Å². The topological polar surface area (TPSA) is 114 Å². The van der Waals surface area contributed by atoms with E-state index in [2.05, 4.69) is 18.2 Å². The van der Waals surface area contributed by atoms with Gasteiger partial charge in [0.1, 0.15) is 6.10 Å². The fraction of sp³-hybridized carbons (Fsp3) is 0.545. The molecular formula is C22H22N4O2S. The molecule has 1 aliphatic carbocycles. The fourth-order valence-electron chi connectivity index (χ4n) is 5.29. The molecule has 1 N–H and O–H groups in total. The predicted molar refractivity (Wildman–Crippen MR) is 106 cm³/mol. The highest BCUT2D eigenvalue weighted by atomic mass is 32.2. The predicted octanol–water partition coefficient (Wildman–Crippen LogP) is 4.70. The molecule has 3 fully saturated rings. The normalized spacial score (nSPS) is 35.0. The van der Waals surface area contributed by atoms with Crippen LogP contribution in [-0.4, -0.2) is 17.9 Å². The van der Waals surface area contributed by atoms with E-state index in [1.54, 1.807) is 11.8 Å². The molecule has 3 aliphatic rings. The van der Waals surface area contributed by atoms with Crippen LogP contribution in [0.4, 0.5) is 0 Å². The number of hydrogen-bond acceptors (Lipinski definition) is 7. The quantitative estimate of drug-likeness (QED) is 0.712. The Labute approximate surface area is 174 Å². The highest BCUT2D eigenvalue weighted by Gasteiger charge is 2.79. The maximum Gasteiger partial charge on any atom is 0.217 e. The summed E-state index contributed by atoms with van der Waals surface area (Å²) in [6.45, 7) is 0. The van der Waals surface area contributed by atoms with Crippen molar-refractivity contribution < 1.29 is 9.47 Å². The summed E-state index contributed by atoms with van der Waals surface area (Å²) >= 11 is 1.59. The molecule has 6 nitrogen and oxygen atoms in total. The molecule has 2 saturated heterocycles. The molecule has 4 unspecified atom stereocenters. The van der Waals surface area contributed by atoms with Gasteiger partial charge in [-0.15, -0.1) is 11.8 Å². The van der Waals surface area contributed by atoms with Gasteiger partial charge in [0, 0.05) is 11.3 Å². The molecule has 2 aliphatic heterocycles. The highest BCUT2D eigenvalue weighted by Crippen LogP contribution is 2.68. The van der Waals surface area contributed by atoms with Crippen LogP contribution in [0.25, 0.3) is 0 Å². The summed E-state index contributed by atoms with van der Waals surface area (Å²) in [6.07, 6.45) is 5.92. The van der Waals surface area contributed by atoms with Crippen molar-refractivity contribution in [2.24, 2.45) is 16.7 Å². The summed E-state index contributed by atoms with van der Waals surface area (Å²) in [5, 5.41) is 39.5. The summed E-state index contributed by atoms with van der Waals surface area (Å²) < 4.78 is 12.5. The Morgan fingerprint density at radius 1 is 1.03 bits per heavy atom. The zero-order valence-corrected chi connectivity index (χ0v) is 17.1. The van der Waals surface area contributed by atoms with Gasteiger partial charge in [-0.05, 0) is 36.8 Å². The van der Waals surface area contributed by atoms with Gasteiger partial charge in [-0.2, -0.15) is 15.8 Å². The lowest BCUT2D eigenvalue weighted by molar-refractivity contribution is -0.289. The Kier molecular flexibility index (Phi) is 4.82. The molecule has 0 spiro atoms. The smallest absolute Gasteiger partial charge is 0.217 e. The third-order valence-corrected chi connectivity index (χ3v) is 7.48. The van der Waals surface area contributed by atoms with Crippen LogP contribution in [0.2, 0.25) is 0 Å². The minimum absolute atomic E-state index is 0.293.